The second kappa shape index (κ2) is 9.99. The van der Waals surface area contributed by atoms with Crippen molar-refractivity contribution in [1.29, 1.82) is 0 Å². The number of ketones is 1. The van der Waals surface area contributed by atoms with Crippen LogP contribution < -0.4 is 15.0 Å². The van der Waals surface area contributed by atoms with Crippen molar-refractivity contribution >= 4 is 29.4 Å². The van der Waals surface area contributed by atoms with E-state index in [4.69, 9.17) is 9.84 Å². The topological polar surface area (TPSA) is 116 Å². The van der Waals surface area contributed by atoms with Gasteiger partial charge in [0.25, 0.3) is 5.91 Å². The molecule has 0 aromatic heterocycles. The molecule has 3 amide bonds. The molecule has 0 unspecified atom stereocenters. The Labute approximate surface area is 191 Å². The summed E-state index contributed by atoms with van der Waals surface area (Å²) in [7, 11) is 1.49. The zero-order valence-corrected chi connectivity index (χ0v) is 18.6. The maximum atomic E-state index is 13.0. The summed E-state index contributed by atoms with van der Waals surface area (Å²) >= 11 is 0. The number of aliphatic carboxylic acids is 1. The van der Waals surface area contributed by atoms with Gasteiger partial charge in [-0.1, -0.05) is 24.3 Å². The first-order valence-corrected chi connectivity index (χ1v) is 10.3. The van der Waals surface area contributed by atoms with Crippen molar-refractivity contribution in [3.05, 3.63) is 65.9 Å². The van der Waals surface area contributed by atoms with Crippen LogP contribution in [0.3, 0.4) is 0 Å². The third-order valence-corrected chi connectivity index (χ3v) is 5.13. The third kappa shape index (κ3) is 5.38. The Kier molecular flexibility index (Phi) is 7.12. The highest BCUT2D eigenvalue weighted by Crippen LogP contribution is 2.32. The molecule has 0 bridgehead atoms. The molecule has 0 fully saturated rings. The van der Waals surface area contributed by atoms with Gasteiger partial charge in [-0.25, -0.2) is 4.79 Å². The minimum atomic E-state index is -1.43. The van der Waals surface area contributed by atoms with E-state index in [-0.39, 0.29) is 18.7 Å². The predicted octanol–water partition coefficient (Wildman–Crippen LogP) is 3.01. The van der Waals surface area contributed by atoms with Crippen LogP contribution in [-0.4, -0.2) is 53.3 Å². The summed E-state index contributed by atoms with van der Waals surface area (Å²) in [6.45, 7) is 3.66. The molecule has 33 heavy (non-hydrogen) atoms. The first-order valence-electron chi connectivity index (χ1n) is 10.3. The Hall–Kier alpha value is -4.14. The number of ether oxygens (including phenoxy) is 1. The Morgan fingerprint density at radius 1 is 1.12 bits per heavy atom. The number of carboxylic acid groups (broad SMARTS) is 1. The van der Waals surface area contributed by atoms with Gasteiger partial charge >= 0.3 is 12.0 Å². The maximum Gasteiger partial charge on any atom is 0.323 e. The van der Waals surface area contributed by atoms with Crippen molar-refractivity contribution < 1.29 is 29.0 Å². The number of nitrogens with one attached hydrogen (secondary N) is 1. The standard InChI is InChI=1S/C24H25N3O6/c1-15-6-4-7-16(2)22(15)33-18-9-5-8-17(14-18)27(24(32)25-12-10-20(29)30)21-19(28)11-13-26(3)23(21)31/h4-9,11,13-14,21H,10,12H2,1-3H3,(H,25,32)(H,29,30)/t21-/m0/s1. The van der Waals surface area contributed by atoms with E-state index in [1.165, 1.54) is 24.2 Å². The first-order chi connectivity index (χ1) is 15.7. The molecule has 1 heterocycles. The summed E-state index contributed by atoms with van der Waals surface area (Å²) in [5.41, 5.74) is 2.10. The third-order valence-electron chi connectivity index (χ3n) is 5.13. The first kappa shape index (κ1) is 23.5. The predicted molar refractivity (Wildman–Crippen MR) is 121 cm³/mol. The molecule has 0 aliphatic carbocycles. The van der Waals surface area contributed by atoms with Crippen LogP contribution >= 0.6 is 0 Å². The van der Waals surface area contributed by atoms with Crippen LogP contribution in [-0.2, 0) is 14.4 Å². The van der Waals surface area contributed by atoms with Crippen LogP contribution in [0.25, 0.3) is 0 Å². The number of hydrogen-bond donors (Lipinski definition) is 2. The number of nitrogens with zero attached hydrogens (tertiary/aromatic N) is 2. The number of carbonyl (C=O) groups is 4. The Morgan fingerprint density at radius 2 is 1.79 bits per heavy atom. The van der Waals surface area contributed by atoms with Gasteiger partial charge in [-0.05, 0) is 37.1 Å². The second-order valence-electron chi connectivity index (χ2n) is 7.64. The van der Waals surface area contributed by atoms with E-state index in [2.05, 4.69) is 5.32 Å². The van der Waals surface area contributed by atoms with Crippen molar-refractivity contribution in [2.45, 2.75) is 26.3 Å². The van der Waals surface area contributed by atoms with E-state index < -0.39 is 29.7 Å². The Morgan fingerprint density at radius 3 is 2.45 bits per heavy atom. The quantitative estimate of drug-likeness (QED) is 0.625. The van der Waals surface area contributed by atoms with E-state index >= 15 is 0 Å². The number of carboxylic acids is 1. The van der Waals surface area contributed by atoms with E-state index in [1.807, 2.05) is 32.0 Å². The number of anilines is 1. The smallest absolute Gasteiger partial charge is 0.323 e. The van der Waals surface area contributed by atoms with E-state index in [0.717, 1.165) is 16.0 Å². The highest BCUT2D eigenvalue weighted by atomic mass is 16.5. The number of rotatable bonds is 7. The molecule has 0 saturated carbocycles. The zero-order chi connectivity index (χ0) is 24.1. The van der Waals surface area contributed by atoms with E-state index in [1.54, 1.807) is 24.3 Å². The van der Waals surface area contributed by atoms with Crippen molar-refractivity contribution in [3.63, 3.8) is 0 Å². The van der Waals surface area contributed by atoms with Gasteiger partial charge in [-0.2, -0.15) is 0 Å². The van der Waals surface area contributed by atoms with Gasteiger partial charge in [0.2, 0.25) is 0 Å². The molecule has 2 aromatic rings. The summed E-state index contributed by atoms with van der Waals surface area (Å²) < 4.78 is 6.05. The summed E-state index contributed by atoms with van der Waals surface area (Å²) in [5, 5.41) is 11.3. The van der Waals surface area contributed by atoms with Crippen molar-refractivity contribution in [3.8, 4) is 11.5 Å². The van der Waals surface area contributed by atoms with Crippen LogP contribution in [0.4, 0.5) is 10.5 Å². The highest BCUT2D eigenvalue weighted by Gasteiger charge is 2.39. The van der Waals surface area contributed by atoms with E-state index in [9.17, 15) is 19.2 Å². The SMILES string of the molecule is Cc1cccc(C)c1Oc1cccc(N(C(=O)NCCC(=O)O)[C@H]2C(=O)C=CN(C)C2=O)c1. The van der Waals surface area contributed by atoms with Crippen LogP contribution in [0, 0.1) is 13.8 Å². The van der Waals surface area contributed by atoms with Gasteiger partial charge in [-0.15, -0.1) is 0 Å². The average Bonchev–Trinajstić information content (AvgIpc) is 2.76. The fourth-order valence-corrected chi connectivity index (χ4v) is 3.42. The number of amides is 3. The van der Waals surface area contributed by atoms with Gasteiger partial charge in [0.15, 0.2) is 11.8 Å². The summed E-state index contributed by atoms with van der Waals surface area (Å²) in [4.78, 5) is 51.6. The molecule has 0 spiro atoms. The monoisotopic (exact) mass is 451 g/mol. The van der Waals surface area contributed by atoms with Crippen molar-refractivity contribution in [2.24, 2.45) is 0 Å². The number of likely N-dealkylation sites (N-methyl/N-ethyl adjacent to an activating group) is 1. The molecule has 1 atom stereocenters. The normalized spacial score (nSPS) is 15.4. The molecule has 2 aromatic carbocycles. The molecule has 172 valence electrons. The van der Waals surface area contributed by atoms with Crippen molar-refractivity contribution in [2.75, 3.05) is 18.5 Å². The lowest BCUT2D eigenvalue weighted by Gasteiger charge is -2.33. The number of aryl methyl sites for hydroxylation is 2. The van der Waals surface area contributed by atoms with Crippen LogP contribution in [0.15, 0.2) is 54.7 Å². The minimum absolute atomic E-state index is 0.163. The molecule has 0 radical (unpaired) electrons. The van der Waals surface area contributed by atoms with Gasteiger partial charge < -0.3 is 20.1 Å². The van der Waals surface area contributed by atoms with Crippen LogP contribution in [0.2, 0.25) is 0 Å². The lowest BCUT2D eigenvalue weighted by molar-refractivity contribution is -0.137. The fraction of sp³-hybridized carbons (Fsp3) is 0.250. The summed E-state index contributed by atoms with van der Waals surface area (Å²) in [6, 6.07) is 10.0. The van der Waals surface area contributed by atoms with Gasteiger partial charge in [0, 0.05) is 31.9 Å². The molecule has 1 aliphatic heterocycles. The largest absolute Gasteiger partial charge is 0.481 e. The van der Waals surface area contributed by atoms with Crippen molar-refractivity contribution in [1.82, 2.24) is 10.2 Å². The Balaban J connectivity index is 1.98. The number of carbonyl (C=O) groups excluding carboxylic acids is 3. The van der Waals surface area contributed by atoms with Crippen LogP contribution in [0.1, 0.15) is 17.5 Å². The fourth-order valence-electron chi connectivity index (χ4n) is 3.42. The molecule has 9 heteroatoms. The second-order valence-corrected chi connectivity index (χ2v) is 7.64. The van der Waals surface area contributed by atoms with Gasteiger partial charge in [-0.3, -0.25) is 19.3 Å². The summed E-state index contributed by atoms with van der Waals surface area (Å²) in [5.74, 6) is -1.16. The Bertz CT molecular complexity index is 1110. The molecule has 1 aliphatic rings. The molecule has 9 nitrogen and oxygen atoms in total. The number of hydrogen-bond acceptors (Lipinski definition) is 5. The summed E-state index contributed by atoms with van der Waals surface area (Å²) in [6.07, 6.45) is 2.25. The average molecular weight is 451 g/mol. The van der Waals surface area contributed by atoms with Gasteiger partial charge in [0.1, 0.15) is 11.5 Å². The maximum absolute atomic E-state index is 13.0. The zero-order valence-electron chi connectivity index (χ0n) is 18.6. The lowest BCUT2D eigenvalue weighted by Crippen LogP contribution is -2.57. The molecule has 3 rings (SSSR count). The highest BCUT2D eigenvalue weighted by molar-refractivity contribution is 6.19. The number of benzene rings is 2. The van der Waals surface area contributed by atoms with E-state index in [0.29, 0.717) is 11.5 Å². The van der Waals surface area contributed by atoms with Gasteiger partial charge in [0.05, 0.1) is 12.1 Å². The molecule has 0 saturated heterocycles. The minimum Gasteiger partial charge on any atom is -0.481 e. The molecule has 2 N–H and O–H groups in total. The molecular weight excluding hydrogens is 426 g/mol. The lowest BCUT2D eigenvalue weighted by atomic mass is 10.1. The molecular formula is C24H25N3O6. The van der Waals surface area contributed by atoms with Crippen LogP contribution in [0.5, 0.6) is 11.5 Å². The number of para-hydroxylation sites is 1. The number of urea groups is 1.